The second-order valence-corrected chi connectivity index (χ2v) is 6.48. The normalized spacial score (nSPS) is 32.0. The fourth-order valence-corrected chi connectivity index (χ4v) is 3.77. The number of amides is 1. The Morgan fingerprint density at radius 1 is 1.21 bits per heavy atom. The lowest BCUT2D eigenvalue weighted by Gasteiger charge is -2.35. The molecule has 1 saturated heterocycles. The highest BCUT2D eigenvalue weighted by Gasteiger charge is 2.37. The van der Waals surface area contributed by atoms with Crippen LogP contribution in [-0.2, 0) is 4.79 Å². The van der Waals surface area contributed by atoms with E-state index in [0.29, 0.717) is 24.4 Å². The first-order chi connectivity index (χ1) is 9.13. The van der Waals surface area contributed by atoms with E-state index in [4.69, 9.17) is 5.73 Å². The standard InChI is InChI=1S/C15H29N3O/c1-17(2)11-13-7-5-9-18(13)15(19)14-8-4-3-6-12(14)10-16/h12-14H,3-11,16H2,1-2H3. The van der Waals surface area contributed by atoms with Crippen molar-refractivity contribution in [1.29, 1.82) is 0 Å². The average molecular weight is 267 g/mol. The predicted molar refractivity (Wildman–Crippen MR) is 77.8 cm³/mol. The fraction of sp³-hybridized carbons (Fsp3) is 0.933. The summed E-state index contributed by atoms with van der Waals surface area (Å²) in [5, 5.41) is 0. The topological polar surface area (TPSA) is 49.6 Å². The maximum absolute atomic E-state index is 12.8. The highest BCUT2D eigenvalue weighted by molar-refractivity contribution is 5.80. The molecule has 2 rings (SSSR count). The lowest BCUT2D eigenvalue weighted by atomic mass is 9.78. The summed E-state index contributed by atoms with van der Waals surface area (Å²) < 4.78 is 0. The van der Waals surface area contributed by atoms with E-state index in [1.54, 1.807) is 0 Å². The molecule has 1 heterocycles. The van der Waals surface area contributed by atoms with Crippen molar-refractivity contribution in [1.82, 2.24) is 9.80 Å². The Kier molecular flexibility index (Phi) is 5.22. The molecule has 4 heteroatoms. The molecule has 1 aliphatic carbocycles. The molecule has 1 amide bonds. The largest absolute Gasteiger partial charge is 0.338 e. The van der Waals surface area contributed by atoms with E-state index >= 15 is 0 Å². The number of likely N-dealkylation sites (N-methyl/N-ethyl adjacent to an activating group) is 1. The van der Waals surface area contributed by atoms with Crippen molar-refractivity contribution < 1.29 is 4.79 Å². The van der Waals surface area contributed by atoms with E-state index in [2.05, 4.69) is 23.9 Å². The fourth-order valence-electron chi connectivity index (χ4n) is 3.77. The quantitative estimate of drug-likeness (QED) is 0.835. The molecular weight excluding hydrogens is 238 g/mol. The molecule has 2 aliphatic rings. The molecule has 0 bridgehead atoms. The number of hydrogen-bond acceptors (Lipinski definition) is 3. The molecule has 1 saturated carbocycles. The predicted octanol–water partition coefficient (Wildman–Crippen LogP) is 1.30. The second-order valence-electron chi connectivity index (χ2n) is 6.48. The summed E-state index contributed by atoms with van der Waals surface area (Å²) in [6.45, 7) is 2.61. The van der Waals surface area contributed by atoms with Crippen LogP contribution in [0.25, 0.3) is 0 Å². The zero-order valence-corrected chi connectivity index (χ0v) is 12.5. The van der Waals surface area contributed by atoms with Crippen molar-refractivity contribution in [2.75, 3.05) is 33.7 Å². The van der Waals surface area contributed by atoms with Gasteiger partial charge >= 0.3 is 0 Å². The van der Waals surface area contributed by atoms with Crippen LogP contribution < -0.4 is 5.73 Å². The molecule has 110 valence electrons. The van der Waals surface area contributed by atoms with E-state index in [0.717, 1.165) is 38.8 Å². The highest BCUT2D eigenvalue weighted by Crippen LogP contribution is 2.32. The zero-order chi connectivity index (χ0) is 13.8. The number of rotatable bonds is 4. The van der Waals surface area contributed by atoms with Gasteiger partial charge in [0, 0.05) is 25.0 Å². The third-order valence-electron chi connectivity index (χ3n) is 4.77. The van der Waals surface area contributed by atoms with Crippen LogP contribution in [0.1, 0.15) is 38.5 Å². The van der Waals surface area contributed by atoms with Gasteiger partial charge in [0.15, 0.2) is 0 Å². The van der Waals surface area contributed by atoms with Crippen LogP contribution in [0.4, 0.5) is 0 Å². The third-order valence-corrected chi connectivity index (χ3v) is 4.77. The lowest BCUT2D eigenvalue weighted by molar-refractivity contribution is -0.139. The van der Waals surface area contributed by atoms with Gasteiger partial charge in [-0.05, 0) is 52.2 Å². The number of likely N-dealkylation sites (tertiary alicyclic amines) is 1. The minimum Gasteiger partial charge on any atom is -0.338 e. The smallest absolute Gasteiger partial charge is 0.226 e. The minimum atomic E-state index is 0.196. The minimum absolute atomic E-state index is 0.196. The van der Waals surface area contributed by atoms with Crippen molar-refractivity contribution in [2.24, 2.45) is 17.6 Å². The van der Waals surface area contributed by atoms with Crippen molar-refractivity contribution in [3.8, 4) is 0 Å². The molecule has 19 heavy (non-hydrogen) atoms. The van der Waals surface area contributed by atoms with Crippen molar-refractivity contribution in [3.05, 3.63) is 0 Å². The van der Waals surface area contributed by atoms with E-state index in [1.807, 2.05) is 0 Å². The van der Waals surface area contributed by atoms with Gasteiger partial charge in [0.05, 0.1) is 0 Å². The first-order valence-corrected chi connectivity index (χ1v) is 7.78. The molecule has 0 radical (unpaired) electrons. The van der Waals surface area contributed by atoms with Gasteiger partial charge in [-0.15, -0.1) is 0 Å². The van der Waals surface area contributed by atoms with Crippen LogP contribution in [0, 0.1) is 11.8 Å². The van der Waals surface area contributed by atoms with Gasteiger partial charge in [0.1, 0.15) is 0 Å². The molecule has 3 atom stereocenters. The second kappa shape index (κ2) is 6.71. The average Bonchev–Trinajstić information content (AvgIpc) is 2.85. The maximum atomic E-state index is 12.8. The Labute approximate surface area is 117 Å². The van der Waals surface area contributed by atoms with Crippen LogP contribution >= 0.6 is 0 Å². The number of nitrogens with zero attached hydrogens (tertiary/aromatic N) is 2. The van der Waals surface area contributed by atoms with Gasteiger partial charge in [-0.2, -0.15) is 0 Å². The van der Waals surface area contributed by atoms with Gasteiger partial charge in [-0.3, -0.25) is 4.79 Å². The Bertz CT molecular complexity index is 306. The molecule has 4 nitrogen and oxygen atoms in total. The Morgan fingerprint density at radius 2 is 1.95 bits per heavy atom. The summed E-state index contributed by atoms with van der Waals surface area (Å²) in [7, 11) is 4.18. The summed E-state index contributed by atoms with van der Waals surface area (Å²) in [6, 6.07) is 0.419. The molecule has 1 aliphatic heterocycles. The number of nitrogens with two attached hydrogens (primary N) is 1. The van der Waals surface area contributed by atoms with Crippen molar-refractivity contribution in [3.63, 3.8) is 0 Å². The van der Waals surface area contributed by atoms with E-state index in [1.165, 1.54) is 12.8 Å². The van der Waals surface area contributed by atoms with E-state index in [-0.39, 0.29) is 5.92 Å². The molecule has 0 aromatic heterocycles. The Balaban J connectivity index is 2.00. The molecular formula is C15H29N3O. The summed E-state index contributed by atoms with van der Waals surface area (Å²) in [5.41, 5.74) is 5.87. The van der Waals surface area contributed by atoms with Gasteiger partial charge in [0.25, 0.3) is 0 Å². The third kappa shape index (κ3) is 3.48. The maximum Gasteiger partial charge on any atom is 0.226 e. The molecule has 0 aromatic rings. The Hall–Kier alpha value is -0.610. The SMILES string of the molecule is CN(C)CC1CCCN1C(=O)C1CCCCC1CN. The van der Waals surface area contributed by atoms with Crippen LogP contribution in [0.15, 0.2) is 0 Å². The van der Waals surface area contributed by atoms with Gasteiger partial charge < -0.3 is 15.5 Å². The summed E-state index contributed by atoms with van der Waals surface area (Å²) >= 11 is 0. The van der Waals surface area contributed by atoms with Crippen molar-refractivity contribution >= 4 is 5.91 Å². The summed E-state index contributed by atoms with van der Waals surface area (Å²) in [6.07, 6.45) is 6.94. The summed E-state index contributed by atoms with van der Waals surface area (Å²) in [5.74, 6) is 1.00. The number of carbonyl (C=O) groups excluding carboxylic acids is 1. The first-order valence-electron chi connectivity index (χ1n) is 7.78. The molecule has 2 fully saturated rings. The lowest BCUT2D eigenvalue weighted by Crippen LogP contribution is -2.47. The van der Waals surface area contributed by atoms with Gasteiger partial charge in [-0.1, -0.05) is 12.8 Å². The zero-order valence-electron chi connectivity index (χ0n) is 12.5. The van der Waals surface area contributed by atoms with Gasteiger partial charge in [-0.25, -0.2) is 0 Å². The molecule has 2 N–H and O–H groups in total. The number of carbonyl (C=O) groups is 1. The highest BCUT2D eigenvalue weighted by atomic mass is 16.2. The van der Waals surface area contributed by atoms with Crippen LogP contribution in [0.3, 0.4) is 0 Å². The van der Waals surface area contributed by atoms with Crippen molar-refractivity contribution in [2.45, 2.75) is 44.6 Å². The monoisotopic (exact) mass is 267 g/mol. The molecule has 0 spiro atoms. The van der Waals surface area contributed by atoms with E-state index < -0.39 is 0 Å². The van der Waals surface area contributed by atoms with Crippen LogP contribution in [0.5, 0.6) is 0 Å². The van der Waals surface area contributed by atoms with Crippen LogP contribution in [0.2, 0.25) is 0 Å². The molecule has 3 unspecified atom stereocenters. The van der Waals surface area contributed by atoms with Gasteiger partial charge in [0.2, 0.25) is 5.91 Å². The summed E-state index contributed by atoms with van der Waals surface area (Å²) in [4.78, 5) is 17.2. The number of hydrogen-bond donors (Lipinski definition) is 1. The van der Waals surface area contributed by atoms with E-state index in [9.17, 15) is 4.79 Å². The van der Waals surface area contributed by atoms with Crippen LogP contribution in [-0.4, -0.2) is 55.5 Å². The Morgan fingerprint density at radius 3 is 2.63 bits per heavy atom. The first kappa shape index (κ1) is 14.8. The molecule has 0 aromatic carbocycles.